The highest BCUT2D eigenvalue weighted by molar-refractivity contribution is 5.97. The van der Waals surface area contributed by atoms with E-state index in [2.05, 4.69) is 24.5 Å². The van der Waals surface area contributed by atoms with Crippen molar-refractivity contribution in [3.63, 3.8) is 0 Å². The summed E-state index contributed by atoms with van der Waals surface area (Å²) >= 11 is 0. The van der Waals surface area contributed by atoms with E-state index in [-0.39, 0.29) is 23.9 Å². The molecule has 0 heterocycles. The van der Waals surface area contributed by atoms with Gasteiger partial charge in [0.15, 0.2) is 0 Å². The minimum atomic E-state index is -1.04. The van der Waals surface area contributed by atoms with Crippen LogP contribution in [0.3, 0.4) is 0 Å². The van der Waals surface area contributed by atoms with Crippen molar-refractivity contribution < 1.29 is 19.1 Å². The lowest BCUT2D eigenvalue weighted by Gasteiger charge is -2.27. The number of rotatable bonds is 5. The summed E-state index contributed by atoms with van der Waals surface area (Å²) in [6.07, 6.45) is 11.4. The predicted octanol–water partition coefficient (Wildman–Crippen LogP) is 5.08. The molecule has 0 saturated heterocycles. The van der Waals surface area contributed by atoms with Crippen LogP contribution in [0.4, 0.5) is 4.79 Å². The van der Waals surface area contributed by atoms with Crippen molar-refractivity contribution in [1.82, 2.24) is 10.6 Å². The fraction of sp³-hybridized carbons (Fsp3) is 0.880. The molecule has 3 rings (SSSR count). The maximum Gasteiger partial charge on any atom is 0.408 e. The Morgan fingerprint density at radius 2 is 1.56 bits per heavy atom. The van der Waals surface area contributed by atoms with Crippen LogP contribution in [-0.4, -0.2) is 41.3 Å². The quantitative estimate of drug-likeness (QED) is 0.347. The number of amides is 1. The Morgan fingerprint density at radius 3 is 2.09 bits per heavy atom. The highest BCUT2D eigenvalue weighted by Gasteiger charge is 2.64. The Morgan fingerprint density at radius 1 is 0.969 bits per heavy atom. The van der Waals surface area contributed by atoms with Gasteiger partial charge in [0, 0.05) is 6.04 Å². The molecular formula is C25H43N3O4. The first-order valence-electron chi connectivity index (χ1n) is 12.7. The molecule has 2 atom stereocenters. The normalized spacial score (nSPS) is 27.7. The fourth-order valence-corrected chi connectivity index (χ4v) is 5.08. The molecule has 32 heavy (non-hydrogen) atoms. The molecule has 0 spiro atoms. The summed E-state index contributed by atoms with van der Waals surface area (Å²) in [6.45, 7) is 9.57. The average molecular weight is 450 g/mol. The Balaban J connectivity index is 1.73. The molecule has 3 aliphatic rings. The fourth-order valence-electron chi connectivity index (χ4n) is 5.08. The van der Waals surface area contributed by atoms with E-state index >= 15 is 0 Å². The smallest absolute Gasteiger partial charge is 0.408 e. The minimum absolute atomic E-state index is 0.0214. The first-order chi connectivity index (χ1) is 15.1. The van der Waals surface area contributed by atoms with Gasteiger partial charge in [-0.1, -0.05) is 52.4 Å². The van der Waals surface area contributed by atoms with Crippen molar-refractivity contribution >= 4 is 18.1 Å². The zero-order chi connectivity index (χ0) is 23.4. The maximum absolute atomic E-state index is 13.4. The second-order valence-electron chi connectivity index (χ2n) is 11.2. The van der Waals surface area contributed by atoms with Crippen molar-refractivity contribution in [2.75, 3.05) is 0 Å². The summed E-state index contributed by atoms with van der Waals surface area (Å²) in [5, 5.41) is 6.28. The van der Waals surface area contributed by atoms with Crippen LogP contribution in [0.25, 0.3) is 0 Å². The first-order valence-corrected chi connectivity index (χ1v) is 12.7. The molecule has 2 unspecified atom stereocenters. The van der Waals surface area contributed by atoms with Crippen LogP contribution in [0.1, 0.15) is 105 Å². The van der Waals surface area contributed by atoms with Gasteiger partial charge in [0.25, 0.3) is 6.02 Å². The summed E-state index contributed by atoms with van der Waals surface area (Å²) in [4.78, 5) is 30.8. The Bertz CT molecular complexity index is 688. The van der Waals surface area contributed by atoms with Crippen molar-refractivity contribution in [3.05, 3.63) is 0 Å². The van der Waals surface area contributed by atoms with E-state index in [1.165, 1.54) is 38.5 Å². The number of aliphatic imine (C=N–C) groups is 1. The second kappa shape index (κ2) is 10.4. The third-order valence-corrected chi connectivity index (χ3v) is 6.90. The van der Waals surface area contributed by atoms with E-state index in [1.54, 1.807) is 0 Å². The van der Waals surface area contributed by atoms with Gasteiger partial charge in [-0.2, -0.15) is 0 Å². The minimum Gasteiger partial charge on any atom is -0.444 e. The van der Waals surface area contributed by atoms with E-state index in [4.69, 9.17) is 14.5 Å². The number of alkyl carbamates (subject to hydrolysis) is 1. The number of hydrogen-bond acceptors (Lipinski definition) is 5. The molecule has 1 amide bonds. The standard InChI is InChI=1S/C25H43N3O4/c1-17(2)20-16-25(20,28-23(30)32-24(3,4)5)21(29)31-22(26-18-12-8-6-9-13-18)27-19-14-10-7-11-15-19/h17-20H,6-16H2,1-5H3,(H,26,27)(H,28,30). The number of amidine groups is 1. The van der Waals surface area contributed by atoms with Gasteiger partial charge in [-0.3, -0.25) is 0 Å². The lowest BCUT2D eigenvalue weighted by molar-refractivity contribution is -0.140. The largest absolute Gasteiger partial charge is 0.444 e. The highest BCUT2D eigenvalue weighted by Crippen LogP contribution is 2.49. The number of carbonyl (C=O) groups is 2. The van der Waals surface area contributed by atoms with Gasteiger partial charge in [0.1, 0.15) is 11.1 Å². The molecule has 0 aromatic carbocycles. The van der Waals surface area contributed by atoms with E-state index < -0.39 is 23.2 Å². The summed E-state index contributed by atoms with van der Waals surface area (Å²) in [5.41, 5.74) is -1.67. The van der Waals surface area contributed by atoms with Gasteiger partial charge in [-0.25, -0.2) is 14.6 Å². The molecule has 7 heteroatoms. The van der Waals surface area contributed by atoms with Crippen LogP contribution in [-0.2, 0) is 14.3 Å². The third kappa shape index (κ3) is 6.85. The summed E-state index contributed by atoms with van der Waals surface area (Å²) in [6, 6.07) is 0.819. The van der Waals surface area contributed by atoms with Crippen LogP contribution in [0.5, 0.6) is 0 Å². The third-order valence-electron chi connectivity index (χ3n) is 6.90. The van der Waals surface area contributed by atoms with Crippen molar-refractivity contribution in [2.24, 2.45) is 16.8 Å². The molecule has 3 saturated carbocycles. The molecule has 2 N–H and O–H groups in total. The number of carbonyl (C=O) groups excluding carboxylic acids is 2. The molecule has 3 fully saturated rings. The number of hydrogen-bond donors (Lipinski definition) is 2. The topological polar surface area (TPSA) is 89.0 Å². The summed E-state index contributed by atoms with van der Waals surface area (Å²) in [5.74, 6) is -0.171. The highest BCUT2D eigenvalue weighted by atomic mass is 16.6. The zero-order valence-corrected chi connectivity index (χ0v) is 20.7. The molecule has 0 aliphatic heterocycles. The Labute approximate surface area is 193 Å². The number of nitrogens with zero attached hydrogens (tertiary/aromatic N) is 1. The van der Waals surface area contributed by atoms with Crippen LogP contribution >= 0.6 is 0 Å². The van der Waals surface area contributed by atoms with E-state index in [0.29, 0.717) is 12.4 Å². The van der Waals surface area contributed by atoms with Crippen molar-refractivity contribution in [1.29, 1.82) is 0 Å². The van der Waals surface area contributed by atoms with Crippen LogP contribution in [0.15, 0.2) is 4.99 Å². The van der Waals surface area contributed by atoms with Crippen LogP contribution in [0, 0.1) is 11.8 Å². The molecule has 3 aliphatic carbocycles. The summed E-state index contributed by atoms with van der Waals surface area (Å²) < 4.78 is 11.4. The van der Waals surface area contributed by atoms with Gasteiger partial charge in [-0.15, -0.1) is 0 Å². The number of esters is 1. The number of nitrogens with one attached hydrogen (secondary N) is 2. The lowest BCUT2D eigenvalue weighted by atomic mass is 9.95. The average Bonchev–Trinajstić information content (AvgIpc) is 3.43. The monoisotopic (exact) mass is 449 g/mol. The maximum atomic E-state index is 13.4. The molecule has 182 valence electrons. The van der Waals surface area contributed by atoms with Gasteiger partial charge < -0.3 is 20.1 Å². The molecule has 7 nitrogen and oxygen atoms in total. The van der Waals surface area contributed by atoms with Gasteiger partial charge in [0.05, 0.1) is 6.04 Å². The van der Waals surface area contributed by atoms with Crippen molar-refractivity contribution in [3.8, 4) is 0 Å². The van der Waals surface area contributed by atoms with E-state index in [9.17, 15) is 9.59 Å². The Kier molecular flexibility index (Phi) is 8.10. The van der Waals surface area contributed by atoms with Crippen LogP contribution < -0.4 is 10.6 Å². The molecular weight excluding hydrogens is 406 g/mol. The first kappa shape index (κ1) is 24.8. The van der Waals surface area contributed by atoms with Crippen molar-refractivity contribution in [2.45, 2.75) is 128 Å². The zero-order valence-electron chi connectivity index (χ0n) is 20.7. The van der Waals surface area contributed by atoms with Gasteiger partial charge in [-0.05, 0) is 64.7 Å². The lowest BCUT2D eigenvalue weighted by Crippen LogP contribution is -2.50. The number of ether oxygens (including phenoxy) is 2. The van der Waals surface area contributed by atoms with E-state index in [0.717, 1.165) is 25.7 Å². The van der Waals surface area contributed by atoms with E-state index in [1.807, 2.05) is 20.8 Å². The SMILES string of the molecule is CC(C)C1CC1(NC(=O)OC(C)(C)C)C(=O)OC(=NC1CCCCC1)NC1CCCCC1. The predicted molar refractivity (Wildman–Crippen MR) is 125 cm³/mol. The van der Waals surface area contributed by atoms with Gasteiger partial charge >= 0.3 is 12.1 Å². The van der Waals surface area contributed by atoms with Crippen LogP contribution in [0.2, 0.25) is 0 Å². The molecule has 0 radical (unpaired) electrons. The Hall–Kier alpha value is -1.79. The second-order valence-corrected chi connectivity index (χ2v) is 11.2. The summed E-state index contributed by atoms with van der Waals surface area (Å²) in [7, 11) is 0. The molecule has 0 aromatic heterocycles. The molecule has 0 aromatic rings. The van der Waals surface area contributed by atoms with Gasteiger partial charge in [0.2, 0.25) is 0 Å². The molecule has 0 bridgehead atoms.